The summed E-state index contributed by atoms with van der Waals surface area (Å²) in [6, 6.07) is 6.83. The fraction of sp³-hybridized carbons (Fsp3) is 0.273. The SMILES string of the molecule is C=C(C)COc1cccc(CS(=O)(=O)Cl)c1. The van der Waals surface area contributed by atoms with E-state index in [2.05, 4.69) is 6.58 Å². The van der Waals surface area contributed by atoms with Gasteiger partial charge < -0.3 is 4.74 Å². The second kappa shape index (κ2) is 5.37. The maximum atomic E-state index is 10.9. The summed E-state index contributed by atoms with van der Waals surface area (Å²) >= 11 is 0. The maximum absolute atomic E-state index is 10.9. The van der Waals surface area contributed by atoms with Gasteiger partial charge >= 0.3 is 0 Å². The molecular formula is C11H13ClO3S. The minimum Gasteiger partial charge on any atom is -0.489 e. The molecule has 0 unspecified atom stereocenters. The lowest BCUT2D eigenvalue weighted by molar-refractivity contribution is 0.352. The van der Waals surface area contributed by atoms with E-state index >= 15 is 0 Å². The zero-order valence-electron chi connectivity index (χ0n) is 8.94. The van der Waals surface area contributed by atoms with Crippen molar-refractivity contribution in [2.75, 3.05) is 6.61 Å². The normalized spacial score (nSPS) is 11.1. The standard InChI is InChI=1S/C11H13ClO3S/c1-9(2)7-15-11-5-3-4-10(6-11)8-16(12,13)14/h3-6H,1,7-8H2,2H3. The van der Waals surface area contributed by atoms with E-state index in [1.807, 2.05) is 6.92 Å². The third kappa shape index (κ3) is 5.19. The second-order valence-corrected chi connectivity index (χ2v) is 6.35. The third-order valence-electron chi connectivity index (χ3n) is 1.72. The first kappa shape index (κ1) is 13.1. The molecule has 0 saturated carbocycles. The summed E-state index contributed by atoms with van der Waals surface area (Å²) in [6.45, 7) is 5.98. The molecule has 0 aliphatic carbocycles. The first-order chi connectivity index (χ1) is 7.37. The van der Waals surface area contributed by atoms with Crippen molar-refractivity contribution in [2.45, 2.75) is 12.7 Å². The van der Waals surface area contributed by atoms with Crippen molar-refractivity contribution in [1.29, 1.82) is 0 Å². The van der Waals surface area contributed by atoms with Gasteiger partial charge in [0.15, 0.2) is 0 Å². The lowest BCUT2D eigenvalue weighted by Crippen LogP contribution is -1.99. The molecule has 0 N–H and O–H groups in total. The first-order valence-corrected chi connectivity index (χ1v) is 7.13. The van der Waals surface area contributed by atoms with E-state index in [4.69, 9.17) is 15.4 Å². The fourth-order valence-electron chi connectivity index (χ4n) is 1.13. The molecule has 0 amide bonds. The number of benzene rings is 1. The van der Waals surface area contributed by atoms with Crippen LogP contribution in [0.4, 0.5) is 0 Å². The van der Waals surface area contributed by atoms with Crippen LogP contribution < -0.4 is 4.74 Å². The molecule has 0 saturated heterocycles. The van der Waals surface area contributed by atoms with Gasteiger partial charge in [-0.25, -0.2) is 8.42 Å². The Hall–Kier alpha value is -1.00. The second-order valence-electron chi connectivity index (χ2n) is 3.58. The lowest BCUT2D eigenvalue weighted by Gasteiger charge is -2.06. The van der Waals surface area contributed by atoms with Gasteiger partial charge in [-0.1, -0.05) is 18.7 Å². The zero-order valence-corrected chi connectivity index (χ0v) is 10.5. The van der Waals surface area contributed by atoms with Crippen LogP contribution in [-0.2, 0) is 14.8 Å². The summed E-state index contributed by atoms with van der Waals surface area (Å²) in [5, 5.41) is 0. The van der Waals surface area contributed by atoms with E-state index in [0.717, 1.165) is 5.57 Å². The van der Waals surface area contributed by atoms with Gasteiger partial charge in [-0.3, -0.25) is 0 Å². The molecular weight excluding hydrogens is 248 g/mol. The van der Waals surface area contributed by atoms with Crippen molar-refractivity contribution < 1.29 is 13.2 Å². The molecule has 0 aromatic heterocycles. The topological polar surface area (TPSA) is 43.4 Å². The zero-order chi connectivity index (χ0) is 12.2. The Morgan fingerprint density at radius 3 is 2.75 bits per heavy atom. The predicted octanol–water partition coefficient (Wildman–Crippen LogP) is 2.71. The van der Waals surface area contributed by atoms with Crippen LogP contribution in [-0.4, -0.2) is 15.0 Å². The largest absolute Gasteiger partial charge is 0.489 e. The Balaban J connectivity index is 2.75. The minimum absolute atomic E-state index is 0.196. The molecule has 0 heterocycles. The van der Waals surface area contributed by atoms with Gasteiger partial charge in [-0.05, 0) is 30.2 Å². The van der Waals surface area contributed by atoms with Crippen LogP contribution in [0.1, 0.15) is 12.5 Å². The van der Waals surface area contributed by atoms with Crippen molar-refractivity contribution in [3.8, 4) is 5.75 Å². The van der Waals surface area contributed by atoms with Gasteiger partial charge in [0, 0.05) is 10.7 Å². The van der Waals surface area contributed by atoms with Crippen LogP contribution in [0.3, 0.4) is 0 Å². The Kier molecular flexibility index (Phi) is 4.38. The molecule has 3 nitrogen and oxygen atoms in total. The summed E-state index contributed by atoms with van der Waals surface area (Å²) in [4.78, 5) is 0. The van der Waals surface area contributed by atoms with E-state index in [-0.39, 0.29) is 5.75 Å². The summed E-state index contributed by atoms with van der Waals surface area (Å²) < 4.78 is 27.2. The van der Waals surface area contributed by atoms with Gasteiger partial charge in [0.1, 0.15) is 12.4 Å². The Bertz CT molecular complexity index is 480. The average Bonchev–Trinajstić information content (AvgIpc) is 2.12. The van der Waals surface area contributed by atoms with Crippen LogP contribution >= 0.6 is 10.7 Å². The highest BCUT2D eigenvalue weighted by Crippen LogP contribution is 2.17. The van der Waals surface area contributed by atoms with E-state index in [0.29, 0.717) is 17.9 Å². The van der Waals surface area contributed by atoms with Gasteiger partial charge in [-0.2, -0.15) is 0 Å². The van der Waals surface area contributed by atoms with Gasteiger partial charge in [0.2, 0.25) is 9.05 Å². The van der Waals surface area contributed by atoms with Crippen molar-refractivity contribution in [3.05, 3.63) is 42.0 Å². The van der Waals surface area contributed by atoms with Gasteiger partial charge in [0.05, 0.1) is 5.75 Å². The number of halogens is 1. The number of rotatable bonds is 5. The monoisotopic (exact) mass is 260 g/mol. The molecule has 0 bridgehead atoms. The van der Waals surface area contributed by atoms with Crippen LogP contribution in [0.5, 0.6) is 5.75 Å². The summed E-state index contributed by atoms with van der Waals surface area (Å²) in [6.07, 6.45) is 0. The smallest absolute Gasteiger partial charge is 0.236 e. The Morgan fingerprint density at radius 1 is 1.50 bits per heavy atom. The maximum Gasteiger partial charge on any atom is 0.236 e. The van der Waals surface area contributed by atoms with E-state index in [9.17, 15) is 8.42 Å². The van der Waals surface area contributed by atoms with Gasteiger partial charge in [0.25, 0.3) is 0 Å². The molecule has 88 valence electrons. The van der Waals surface area contributed by atoms with Gasteiger partial charge in [-0.15, -0.1) is 0 Å². The highest BCUT2D eigenvalue weighted by Gasteiger charge is 2.07. The summed E-state index contributed by atoms with van der Waals surface area (Å²) in [5.74, 6) is 0.416. The van der Waals surface area contributed by atoms with Crippen LogP contribution in [0.2, 0.25) is 0 Å². The van der Waals surface area contributed by atoms with E-state index in [1.54, 1.807) is 24.3 Å². The Morgan fingerprint density at radius 2 is 2.19 bits per heavy atom. The van der Waals surface area contributed by atoms with Crippen LogP contribution in [0.15, 0.2) is 36.4 Å². The van der Waals surface area contributed by atoms with Crippen LogP contribution in [0, 0.1) is 0 Å². The lowest BCUT2D eigenvalue weighted by atomic mass is 10.2. The first-order valence-electron chi connectivity index (χ1n) is 4.65. The summed E-state index contributed by atoms with van der Waals surface area (Å²) in [5.41, 5.74) is 1.50. The molecule has 0 radical (unpaired) electrons. The molecule has 1 aromatic carbocycles. The van der Waals surface area contributed by atoms with Crippen molar-refractivity contribution in [2.24, 2.45) is 0 Å². The minimum atomic E-state index is -3.53. The van der Waals surface area contributed by atoms with E-state index < -0.39 is 9.05 Å². The molecule has 1 rings (SSSR count). The number of hydrogen-bond acceptors (Lipinski definition) is 3. The molecule has 0 atom stereocenters. The van der Waals surface area contributed by atoms with E-state index in [1.165, 1.54) is 0 Å². The van der Waals surface area contributed by atoms with Crippen molar-refractivity contribution >= 4 is 19.7 Å². The van der Waals surface area contributed by atoms with Crippen molar-refractivity contribution in [1.82, 2.24) is 0 Å². The summed E-state index contributed by atoms with van der Waals surface area (Å²) in [7, 11) is 1.64. The number of hydrogen-bond donors (Lipinski definition) is 0. The molecule has 0 spiro atoms. The number of ether oxygens (including phenoxy) is 1. The molecule has 16 heavy (non-hydrogen) atoms. The molecule has 0 aliphatic rings. The molecule has 0 fully saturated rings. The predicted molar refractivity (Wildman–Crippen MR) is 65.2 cm³/mol. The molecule has 0 aliphatic heterocycles. The third-order valence-corrected chi connectivity index (χ3v) is 2.73. The van der Waals surface area contributed by atoms with Crippen molar-refractivity contribution in [3.63, 3.8) is 0 Å². The molecule has 1 aromatic rings. The fourth-order valence-corrected chi connectivity index (χ4v) is 2.09. The quantitative estimate of drug-likeness (QED) is 0.604. The molecule has 5 heteroatoms. The van der Waals surface area contributed by atoms with Crippen LogP contribution in [0.25, 0.3) is 0 Å². The Labute approximate surface area is 100 Å². The average molecular weight is 261 g/mol. The highest BCUT2D eigenvalue weighted by atomic mass is 35.7. The highest BCUT2D eigenvalue weighted by molar-refractivity contribution is 8.13.